The average molecular weight is 368 g/mol. The molecule has 0 bridgehead atoms. The van der Waals surface area contributed by atoms with Crippen molar-refractivity contribution in [1.82, 2.24) is 9.80 Å². The number of phenols is 1. The minimum absolute atomic E-state index is 0.0373. The molecule has 0 aliphatic carbocycles. The Morgan fingerprint density at radius 3 is 2.15 bits per heavy atom. The molecule has 0 atom stereocenters. The fraction of sp³-hybridized carbons (Fsp3) is 0.333. The van der Waals surface area contributed by atoms with Gasteiger partial charge < -0.3 is 19.6 Å². The lowest BCUT2D eigenvalue weighted by Crippen LogP contribution is -2.37. The fourth-order valence-electron chi connectivity index (χ4n) is 3.19. The van der Waals surface area contributed by atoms with Crippen molar-refractivity contribution in [2.24, 2.45) is 0 Å². The molecular weight excluding hydrogens is 344 g/mol. The van der Waals surface area contributed by atoms with Gasteiger partial charge in [-0.15, -0.1) is 0 Å². The third-order valence-electron chi connectivity index (χ3n) is 4.58. The van der Waals surface area contributed by atoms with E-state index in [1.807, 2.05) is 6.92 Å². The predicted octanol–water partition coefficient (Wildman–Crippen LogP) is 2.78. The monoisotopic (exact) mass is 368 g/mol. The highest BCUT2D eigenvalue weighted by molar-refractivity contribution is 5.95. The summed E-state index contributed by atoms with van der Waals surface area (Å²) in [6, 6.07) is 13.5. The van der Waals surface area contributed by atoms with E-state index >= 15 is 0 Å². The maximum Gasteiger partial charge on any atom is 0.254 e. The van der Waals surface area contributed by atoms with Gasteiger partial charge in [0.05, 0.1) is 6.61 Å². The van der Waals surface area contributed by atoms with E-state index in [0.717, 1.165) is 5.75 Å². The molecule has 0 spiro atoms. The number of carbonyl (C=O) groups excluding carboxylic acids is 2. The molecule has 6 heteroatoms. The highest BCUT2D eigenvalue weighted by Crippen LogP contribution is 2.17. The van der Waals surface area contributed by atoms with Gasteiger partial charge in [0.25, 0.3) is 11.8 Å². The molecule has 2 aromatic carbocycles. The number of benzene rings is 2. The lowest BCUT2D eigenvalue weighted by molar-refractivity contribution is 0.0718. The van der Waals surface area contributed by atoms with Gasteiger partial charge in [-0.2, -0.15) is 0 Å². The summed E-state index contributed by atoms with van der Waals surface area (Å²) in [4.78, 5) is 28.9. The number of hydrogen-bond donors (Lipinski definition) is 1. The molecule has 0 radical (unpaired) electrons. The number of amides is 2. The van der Waals surface area contributed by atoms with E-state index in [4.69, 9.17) is 4.74 Å². The van der Waals surface area contributed by atoms with Gasteiger partial charge in [0.2, 0.25) is 0 Å². The molecule has 0 saturated carbocycles. The van der Waals surface area contributed by atoms with Crippen LogP contribution >= 0.6 is 0 Å². The second-order valence-electron chi connectivity index (χ2n) is 6.45. The maximum absolute atomic E-state index is 12.8. The molecule has 1 fully saturated rings. The average Bonchev–Trinajstić information content (AvgIpc) is 2.94. The molecule has 2 aromatic rings. The van der Waals surface area contributed by atoms with Gasteiger partial charge in [-0.1, -0.05) is 6.07 Å². The first-order chi connectivity index (χ1) is 13.1. The summed E-state index contributed by atoms with van der Waals surface area (Å²) in [5, 5.41) is 9.58. The van der Waals surface area contributed by atoms with Crippen molar-refractivity contribution < 1.29 is 19.4 Å². The maximum atomic E-state index is 12.8. The topological polar surface area (TPSA) is 70.1 Å². The first kappa shape index (κ1) is 18.8. The van der Waals surface area contributed by atoms with Crippen molar-refractivity contribution in [1.29, 1.82) is 0 Å². The van der Waals surface area contributed by atoms with Gasteiger partial charge in [0.15, 0.2) is 0 Å². The van der Waals surface area contributed by atoms with Gasteiger partial charge in [-0.05, 0) is 55.8 Å². The molecule has 1 heterocycles. The van der Waals surface area contributed by atoms with Crippen molar-refractivity contribution in [3.8, 4) is 11.5 Å². The van der Waals surface area contributed by atoms with E-state index in [2.05, 4.69) is 0 Å². The Morgan fingerprint density at radius 2 is 1.56 bits per heavy atom. The van der Waals surface area contributed by atoms with Crippen LogP contribution in [0.15, 0.2) is 48.5 Å². The summed E-state index contributed by atoms with van der Waals surface area (Å²) in [5.41, 5.74) is 1.08. The van der Waals surface area contributed by atoms with Crippen LogP contribution in [-0.2, 0) is 0 Å². The van der Waals surface area contributed by atoms with Crippen molar-refractivity contribution in [2.75, 3.05) is 32.8 Å². The van der Waals surface area contributed by atoms with Gasteiger partial charge in [-0.25, -0.2) is 0 Å². The first-order valence-corrected chi connectivity index (χ1v) is 9.19. The summed E-state index contributed by atoms with van der Waals surface area (Å²) in [7, 11) is 0. The summed E-state index contributed by atoms with van der Waals surface area (Å²) in [5.74, 6) is 0.654. The fourth-order valence-corrected chi connectivity index (χ4v) is 3.19. The van der Waals surface area contributed by atoms with Crippen LogP contribution in [0, 0.1) is 0 Å². The SMILES string of the molecule is CCOc1ccc(C(=O)N2CCCN(C(=O)c3cccc(O)c3)CC2)cc1. The van der Waals surface area contributed by atoms with Crippen molar-refractivity contribution in [2.45, 2.75) is 13.3 Å². The largest absolute Gasteiger partial charge is 0.508 e. The van der Waals surface area contributed by atoms with E-state index in [0.29, 0.717) is 50.3 Å². The molecule has 1 saturated heterocycles. The highest BCUT2D eigenvalue weighted by atomic mass is 16.5. The van der Waals surface area contributed by atoms with Crippen LogP contribution in [-0.4, -0.2) is 59.5 Å². The molecule has 3 rings (SSSR count). The third kappa shape index (κ3) is 4.58. The number of ether oxygens (including phenoxy) is 1. The Labute approximate surface area is 159 Å². The van der Waals surface area contributed by atoms with Crippen molar-refractivity contribution >= 4 is 11.8 Å². The van der Waals surface area contributed by atoms with Crippen LogP contribution in [0.2, 0.25) is 0 Å². The smallest absolute Gasteiger partial charge is 0.254 e. The number of phenolic OH excluding ortho intramolecular Hbond substituents is 1. The van der Waals surface area contributed by atoms with Crippen molar-refractivity contribution in [3.63, 3.8) is 0 Å². The summed E-state index contributed by atoms with van der Waals surface area (Å²) < 4.78 is 5.41. The molecule has 1 aliphatic rings. The molecule has 142 valence electrons. The molecule has 0 aromatic heterocycles. The lowest BCUT2D eigenvalue weighted by atomic mass is 10.2. The van der Waals surface area contributed by atoms with Gasteiger partial charge >= 0.3 is 0 Å². The number of hydrogen-bond acceptors (Lipinski definition) is 4. The minimum Gasteiger partial charge on any atom is -0.508 e. The van der Waals surface area contributed by atoms with E-state index < -0.39 is 0 Å². The van der Waals surface area contributed by atoms with Crippen LogP contribution in [0.5, 0.6) is 11.5 Å². The number of rotatable bonds is 4. The van der Waals surface area contributed by atoms with Crippen LogP contribution < -0.4 is 4.74 Å². The zero-order chi connectivity index (χ0) is 19.2. The lowest BCUT2D eigenvalue weighted by Gasteiger charge is -2.22. The summed E-state index contributed by atoms with van der Waals surface area (Å²) in [6.07, 6.45) is 0.716. The Hall–Kier alpha value is -3.02. The predicted molar refractivity (Wildman–Crippen MR) is 102 cm³/mol. The van der Waals surface area contributed by atoms with Crippen molar-refractivity contribution in [3.05, 3.63) is 59.7 Å². The standard InChI is InChI=1S/C21H24N2O4/c1-2-27-19-9-7-16(8-10-19)20(25)22-11-4-12-23(14-13-22)21(26)17-5-3-6-18(24)15-17/h3,5-10,15,24H,2,4,11-14H2,1H3. The second-order valence-corrected chi connectivity index (χ2v) is 6.45. The molecule has 6 nitrogen and oxygen atoms in total. The second kappa shape index (κ2) is 8.58. The first-order valence-electron chi connectivity index (χ1n) is 9.19. The number of nitrogens with zero attached hydrogens (tertiary/aromatic N) is 2. The van der Waals surface area contributed by atoms with Gasteiger partial charge in [0, 0.05) is 37.3 Å². The minimum atomic E-state index is -0.124. The molecule has 1 aliphatic heterocycles. The molecule has 27 heavy (non-hydrogen) atoms. The van der Waals surface area contributed by atoms with Crippen LogP contribution in [0.3, 0.4) is 0 Å². The molecule has 2 amide bonds. The van der Waals surface area contributed by atoms with Crippen LogP contribution in [0.1, 0.15) is 34.1 Å². The van der Waals surface area contributed by atoms with Crippen LogP contribution in [0.4, 0.5) is 0 Å². The highest BCUT2D eigenvalue weighted by Gasteiger charge is 2.23. The quantitative estimate of drug-likeness (QED) is 0.901. The van der Waals surface area contributed by atoms with E-state index in [9.17, 15) is 14.7 Å². The zero-order valence-electron chi connectivity index (χ0n) is 15.4. The van der Waals surface area contributed by atoms with Gasteiger partial charge in [-0.3, -0.25) is 9.59 Å². The Bertz CT molecular complexity index is 804. The Kier molecular flexibility index (Phi) is 5.96. The van der Waals surface area contributed by atoms with E-state index in [1.54, 1.807) is 46.2 Å². The number of aromatic hydroxyl groups is 1. The summed E-state index contributed by atoms with van der Waals surface area (Å²) in [6.45, 7) is 4.65. The number of carbonyl (C=O) groups is 2. The Morgan fingerprint density at radius 1 is 0.926 bits per heavy atom. The molecule has 1 N–H and O–H groups in total. The molecular formula is C21H24N2O4. The normalized spacial score (nSPS) is 14.6. The van der Waals surface area contributed by atoms with E-state index in [1.165, 1.54) is 12.1 Å². The van der Waals surface area contributed by atoms with Gasteiger partial charge in [0.1, 0.15) is 11.5 Å². The van der Waals surface area contributed by atoms with E-state index in [-0.39, 0.29) is 17.6 Å². The summed E-state index contributed by atoms with van der Waals surface area (Å²) >= 11 is 0. The molecule has 0 unspecified atom stereocenters. The van der Waals surface area contributed by atoms with Crippen LogP contribution in [0.25, 0.3) is 0 Å². The Balaban J connectivity index is 1.63. The third-order valence-corrected chi connectivity index (χ3v) is 4.58. The zero-order valence-corrected chi connectivity index (χ0v) is 15.4.